The Bertz CT molecular complexity index is 30.0. The van der Waals surface area contributed by atoms with Crippen molar-refractivity contribution in [2.24, 2.45) is 0 Å². The predicted octanol–water partition coefficient (Wildman–Crippen LogP) is 1.35. The molecule has 0 heterocycles. The molecule has 54 valence electrons. The van der Waals surface area contributed by atoms with Gasteiger partial charge >= 0.3 is 22.4 Å². The summed E-state index contributed by atoms with van der Waals surface area (Å²) in [6, 6.07) is 0. The third-order valence-electron chi connectivity index (χ3n) is 1.34. The second-order valence-electron chi connectivity index (χ2n) is 1.62. The van der Waals surface area contributed by atoms with Crippen LogP contribution in [0.5, 0.6) is 0 Å². The fraction of sp³-hybridized carbons (Fsp3) is 1.00. The van der Waals surface area contributed by atoms with Crippen molar-refractivity contribution in [1.29, 1.82) is 0 Å². The van der Waals surface area contributed by atoms with Crippen molar-refractivity contribution in [3.05, 3.63) is 0 Å². The molecule has 0 spiro atoms. The molecule has 0 amide bonds. The van der Waals surface area contributed by atoms with Gasteiger partial charge in [-0.15, -0.1) is 0 Å². The Morgan fingerprint density at radius 2 is 1.12 bits per heavy atom. The van der Waals surface area contributed by atoms with Crippen molar-refractivity contribution >= 4 is 0 Å². The van der Waals surface area contributed by atoms with Gasteiger partial charge in [-0.3, -0.25) is 0 Å². The first-order chi connectivity index (χ1) is 3.35. The fourth-order valence-electron chi connectivity index (χ4n) is 0.671. The van der Waals surface area contributed by atoms with Crippen LogP contribution in [0, 0.1) is 0 Å². The molecule has 0 N–H and O–H groups in total. The summed E-state index contributed by atoms with van der Waals surface area (Å²) in [5.41, 5.74) is 0. The van der Waals surface area contributed by atoms with Crippen molar-refractivity contribution in [3.63, 3.8) is 0 Å². The van der Waals surface area contributed by atoms with Crippen LogP contribution in [0.15, 0.2) is 0 Å². The predicted molar refractivity (Wildman–Crippen MR) is 33.5 cm³/mol. The van der Waals surface area contributed by atoms with Crippen LogP contribution in [-0.2, 0) is 22.4 Å². The first kappa shape index (κ1) is 11.5. The number of hydrogen-bond donors (Lipinski definition) is 0. The molecular weight excluding hydrogens is 194 g/mol. The molecule has 8 heavy (non-hydrogen) atoms. The molecule has 0 aromatic heterocycles. The summed E-state index contributed by atoms with van der Waals surface area (Å²) in [6.45, 7) is 10.1. The van der Waals surface area contributed by atoms with Gasteiger partial charge in [0.15, 0.2) is 0 Å². The molecule has 0 saturated carbocycles. The molecule has 0 bridgehead atoms. The molecule has 0 aliphatic heterocycles. The summed E-state index contributed by atoms with van der Waals surface area (Å²) in [6.07, 6.45) is 0. The second kappa shape index (κ2) is 7.70. The van der Waals surface area contributed by atoms with Gasteiger partial charge in [0.25, 0.3) is 0 Å². The van der Waals surface area contributed by atoms with E-state index >= 15 is 0 Å². The Kier molecular flexibility index (Phi) is 11.1. The molecule has 0 aromatic rings. The van der Waals surface area contributed by atoms with Crippen LogP contribution in [0.1, 0.15) is 20.8 Å². The molecule has 1 nitrogen and oxygen atoms in total. The maximum absolute atomic E-state index is 2.38. The number of rotatable bonds is 3. The van der Waals surface area contributed by atoms with Gasteiger partial charge in [-0.25, -0.2) is 0 Å². The second-order valence-corrected chi connectivity index (χ2v) is 1.62. The third kappa shape index (κ3) is 4.85. The van der Waals surface area contributed by atoms with E-state index in [-0.39, 0.29) is 22.4 Å². The van der Waals surface area contributed by atoms with Crippen molar-refractivity contribution in [2.45, 2.75) is 20.8 Å². The molecular formula is C6H15AgN+. The summed E-state index contributed by atoms with van der Waals surface area (Å²) in [4.78, 5) is 2.38. The first-order valence-corrected chi connectivity index (χ1v) is 3.07. The van der Waals surface area contributed by atoms with Crippen molar-refractivity contribution in [2.75, 3.05) is 19.6 Å². The molecule has 0 saturated heterocycles. The summed E-state index contributed by atoms with van der Waals surface area (Å²) >= 11 is 0. The van der Waals surface area contributed by atoms with E-state index in [0.717, 1.165) is 0 Å². The van der Waals surface area contributed by atoms with Gasteiger partial charge < -0.3 is 4.90 Å². The van der Waals surface area contributed by atoms with E-state index in [1.807, 2.05) is 0 Å². The fourth-order valence-corrected chi connectivity index (χ4v) is 0.671. The zero-order valence-corrected chi connectivity index (χ0v) is 7.35. The molecule has 0 atom stereocenters. The molecule has 0 aromatic carbocycles. The van der Waals surface area contributed by atoms with Gasteiger partial charge in [0.1, 0.15) is 0 Å². The van der Waals surface area contributed by atoms with Crippen LogP contribution in [0.2, 0.25) is 0 Å². The van der Waals surface area contributed by atoms with Gasteiger partial charge in [-0.1, -0.05) is 20.8 Å². The van der Waals surface area contributed by atoms with Crippen molar-refractivity contribution < 1.29 is 22.4 Å². The molecule has 0 rings (SSSR count). The van der Waals surface area contributed by atoms with Crippen LogP contribution < -0.4 is 0 Å². The Hall–Kier alpha value is 0.700. The zero-order valence-electron chi connectivity index (χ0n) is 5.87. The summed E-state index contributed by atoms with van der Waals surface area (Å²) in [7, 11) is 0. The maximum Gasteiger partial charge on any atom is 1.00 e. The van der Waals surface area contributed by atoms with Gasteiger partial charge in [-0.2, -0.15) is 0 Å². The topological polar surface area (TPSA) is 3.24 Å². The normalized spacial score (nSPS) is 9.00. The molecule has 0 aliphatic carbocycles. The van der Waals surface area contributed by atoms with Crippen LogP contribution in [0.3, 0.4) is 0 Å². The van der Waals surface area contributed by atoms with E-state index < -0.39 is 0 Å². The average Bonchev–Trinajstić information content (AvgIpc) is 1.72. The first-order valence-electron chi connectivity index (χ1n) is 3.07. The van der Waals surface area contributed by atoms with Crippen LogP contribution >= 0.6 is 0 Å². The van der Waals surface area contributed by atoms with Crippen LogP contribution in [0.25, 0.3) is 0 Å². The van der Waals surface area contributed by atoms with E-state index in [2.05, 4.69) is 25.7 Å². The minimum absolute atomic E-state index is 0. The Labute approximate surface area is 68.0 Å². The molecule has 0 unspecified atom stereocenters. The Morgan fingerprint density at radius 3 is 1.12 bits per heavy atom. The largest absolute Gasteiger partial charge is 1.00 e. The molecule has 0 aliphatic rings. The maximum atomic E-state index is 2.38. The molecule has 0 fully saturated rings. The van der Waals surface area contributed by atoms with E-state index in [1.54, 1.807) is 0 Å². The standard InChI is InChI=1S/C6H15N.Ag/c1-4-7(5-2)6-3;/h4-6H2,1-3H3;/q;+1. The van der Waals surface area contributed by atoms with Crippen molar-refractivity contribution in [3.8, 4) is 0 Å². The third-order valence-corrected chi connectivity index (χ3v) is 1.34. The van der Waals surface area contributed by atoms with Gasteiger partial charge in [0, 0.05) is 0 Å². The minimum Gasteiger partial charge on any atom is -0.304 e. The van der Waals surface area contributed by atoms with Crippen LogP contribution in [0.4, 0.5) is 0 Å². The molecule has 2 heteroatoms. The van der Waals surface area contributed by atoms with Crippen molar-refractivity contribution in [1.82, 2.24) is 4.90 Å². The van der Waals surface area contributed by atoms with E-state index in [0.29, 0.717) is 0 Å². The van der Waals surface area contributed by atoms with E-state index in [1.165, 1.54) is 19.6 Å². The van der Waals surface area contributed by atoms with Gasteiger partial charge in [0.2, 0.25) is 0 Å². The number of hydrogen-bond acceptors (Lipinski definition) is 1. The summed E-state index contributed by atoms with van der Waals surface area (Å²) in [5, 5.41) is 0. The monoisotopic (exact) mass is 208 g/mol. The summed E-state index contributed by atoms with van der Waals surface area (Å²) < 4.78 is 0. The van der Waals surface area contributed by atoms with E-state index in [9.17, 15) is 0 Å². The van der Waals surface area contributed by atoms with Crippen LogP contribution in [-0.4, -0.2) is 24.5 Å². The Morgan fingerprint density at radius 1 is 0.875 bits per heavy atom. The minimum atomic E-state index is 0. The number of nitrogens with zero attached hydrogens (tertiary/aromatic N) is 1. The Balaban J connectivity index is 0. The SMILES string of the molecule is CCN(CC)CC.[Ag+]. The quantitative estimate of drug-likeness (QED) is 0.634. The van der Waals surface area contributed by atoms with E-state index in [4.69, 9.17) is 0 Å². The average molecular weight is 209 g/mol. The van der Waals surface area contributed by atoms with Gasteiger partial charge in [-0.05, 0) is 19.6 Å². The van der Waals surface area contributed by atoms with Gasteiger partial charge in [0.05, 0.1) is 0 Å². The molecule has 0 radical (unpaired) electrons. The zero-order chi connectivity index (χ0) is 5.70. The summed E-state index contributed by atoms with van der Waals surface area (Å²) in [5.74, 6) is 0. The smallest absolute Gasteiger partial charge is 0.304 e.